The van der Waals surface area contributed by atoms with E-state index in [0.717, 1.165) is 6.07 Å². The molecule has 0 saturated carbocycles. The van der Waals surface area contributed by atoms with Crippen LogP contribution in [-0.4, -0.2) is 40.0 Å². The number of alkyl halides is 7. The molecule has 2 aliphatic rings. The Kier molecular flexibility index (Phi) is 5.05. The van der Waals surface area contributed by atoms with E-state index in [-0.39, 0.29) is 30.0 Å². The predicted molar refractivity (Wildman–Crippen MR) is 98.5 cm³/mol. The van der Waals surface area contributed by atoms with Crippen LogP contribution in [0, 0.1) is 0 Å². The summed E-state index contributed by atoms with van der Waals surface area (Å²) < 4.78 is 124. The van der Waals surface area contributed by atoms with Crippen LogP contribution in [0.2, 0.25) is 0 Å². The molecule has 2 aliphatic heterocycles. The van der Waals surface area contributed by atoms with Crippen molar-refractivity contribution in [1.29, 1.82) is 0 Å². The number of sulfone groups is 1. The number of halogens is 7. The van der Waals surface area contributed by atoms with Gasteiger partial charge in [0, 0.05) is 11.1 Å². The third-order valence-corrected chi connectivity index (χ3v) is 8.57. The number of benzene rings is 2. The molecule has 0 spiro atoms. The quantitative estimate of drug-likeness (QED) is 0.658. The van der Waals surface area contributed by atoms with E-state index in [1.807, 2.05) is 0 Å². The van der Waals surface area contributed by atoms with Crippen LogP contribution >= 0.6 is 0 Å². The lowest BCUT2D eigenvalue weighted by atomic mass is 9.85. The van der Waals surface area contributed by atoms with Crippen LogP contribution in [0.1, 0.15) is 17.5 Å². The zero-order valence-corrected chi connectivity index (χ0v) is 16.9. The molecule has 4 nitrogen and oxygen atoms in total. The van der Waals surface area contributed by atoms with Crippen LogP contribution in [0.5, 0.6) is 5.75 Å². The van der Waals surface area contributed by atoms with E-state index >= 15 is 0 Å². The number of ether oxygens (including phenoxy) is 1. The SMILES string of the molecule is O=S(=O)(c1ccccc1)C12CCNC1COc1cc(C(F)(C(F)(F)F)C(F)(F)F)ccc12. The Morgan fingerprint density at radius 3 is 2.16 bits per heavy atom. The van der Waals surface area contributed by atoms with E-state index in [2.05, 4.69) is 5.32 Å². The average molecular weight is 483 g/mol. The third kappa shape index (κ3) is 2.95. The van der Waals surface area contributed by atoms with Gasteiger partial charge in [0.25, 0.3) is 0 Å². The number of hydrogen-bond acceptors (Lipinski definition) is 4. The molecule has 0 aliphatic carbocycles. The topological polar surface area (TPSA) is 55.4 Å². The lowest BCUT2D eigenvalue weighted by molar-refractivity contribution is -0.348. The maximum absolute atomic E-state index is 14.5. The molecule has 0 radical (unpaired) electrons. The van der Waals surface area contributed by atoms with Gasteiger partial charge in [0.05, 0.1) is 10.9 Å². The Morgan fingerprint density at radius 1 is 0.938 bits per heavy atom. The largest absolute Gasteiger partial charge is 0.492 e. The van der Waals surface area contributed by atoms with Crippen molar-refractivity contribution in [2.75, 3.05) is 13.2 Å². The highest BCUT2D eigenvalue weighted by molar-refractivity contribution is 7.92. The van der Waals surface area contributed by atoms with Crippen molar-refractivity contribution in [3.05, 3.63) is 59.7 Å². The van der Waals surface area contributed by atoms with Crippen molar-refractivity contribution in [3.8, 4) is 5.75 Å². The molecule has 2 heterocycles. The maximum atomic E-state index is 14.5. The summed E-state index contributed by atoms with van der Waals surface area (Å²) in [5, 5.41) is 2.97. The van der Waals surface area contributed by atoms with Gasteiger partial charge in [-0.3, -0.25) is 0 Å². The Balaban J connectivity index is 1.93. The van der Waals surface area contributed by atoms with Crippen LogP contribution in [0.25, 0.3) is 0 Å². The smallest absolute Gasteiger partial charge is 0.435 e. The van der Waals surface area contributed by atoms with Crippen LogP contribution in [0.3, 0.4) is 0 Å². The van der Waals surface area contributed by atoms with Crippen molar-refractivity contribution in [2.24, 2.45) is 0 Å². The van der Waals surface area contributed by atoms with Gasteiger partial charge in [-0.1, -0.05) is 30.3 Å². The molecule has 4 rings (SSSR count). The summed E-state index contributed by atoms with van der Waals surface area (Å²) in [6.07, 6.45) is -12.6. The van der Waals surface area contributed by atoms with Gasteiger partial charge in [-0.15, -0.1) is 0 Å². The molecule has 32 heavy (non-hydrogen) atoms. The number of fused-ring (bicyclic) bond motifs is 3. The number of rotatable bonds is 3. The molecule has 0 aromatic heterocycles. The summed E-state index contributed by atoms with van der Waals surface area (Å²) in [5.74, 6) is -0.530. The summed E-state index contributed by atoms with van der Waals surface area (Å²) in [4.78, 5) is -0.0592. The van der Waals surface area contributed by atoms with E-state index in [1.54, 1.807) is 6.07 Å². The lowest BCUT2D eigenvalue weighted by Crippen LogP contribution is -2.53. The summed E-state index contributed by atoms with van der Waals surface area (Å²) in [5.41, 5.74) is -7.49. The van der Waals surface area contributed by atoms with E-state index < -0.39 is 50.0 Å². The first-order valence-corrected chi connectivity index (χ1v) is 10.9. The van der Waals surface area contributed by atoms with E-state index in [9.17, 15) is 39.2 Å². The molecule has 1 saturated heterocycles. The maximum Gasteiger partial charge on any atom is 0.435 e. The highest BCUT2D eigenvalue weighted by Gasteiger charge is 2.73. The standard InChI is InChI=1S/C20H16F7NO3S/c21-18(19(22,23)24,20(25,26)27)12-6-7-14-15(10-12)31-11-16-17(14,8-9-28-16)32(29,30)13-4-2-1-3-5-13/h1-7,10,16,28H,8-9,11H2. The van der Waals surface area contributed by atoms with Crippen molar-refractivity contribution in [3.63, 3.8) is 0 Å². The second kappa shape index (κ2) is 7.08. The Morgan fingerprint density at radius 2 is 1.56 bits per heavy atom. The van der Waals surface area contributed by atoms with Crippen molar-refractivity contribution < 1.29 is 43.9 Å². The molecule has 2 aromatic rings. The molecule has 0 amide bonds. The second-order valence-electron chi connectivity index (χ2n) is 7.64. The highest BCUT2D eigenvalue weighted by atomic mass is 32.2. The van der Waals surface area contributed by atoms with E-state index in [0.29, 0.717) is 12.1 Å². The van der Waals surface area contributed by atoms with Crippen LogP contribution in [0.15, 0.2) is 53.4 Å². The van der Waals surface area contributed by atoms with Crippen LogP contribution in [0.4, 0.5) is 30.7 Å². The molecule has 1 N–H and O–H groups in total. The van der Waals surface area contributed by atoms with E-state index in [1.165, 1.54) is 24.3 Å². The molecular weight excluding hydrogens is 467 g/mol. The molecular formula is C20H16F7NO3S. The van der Waals surface area contributed by atoms with Gasteiger partial charge in [0.2, 0.25) is 0 Å². The minimum absolute atomic E-state index is 0.00388. The molecule has 1 fully saturated rings. The van der Waals surface area contributed by atoms with Crippen molar-refractivity contribution in [2.45, 2.75) is 40.1 Å². The zero-order valence-electron chi connectivity index (χ0n) is 16.1. The Labute approximate surface area is 178 Å². The molecule has 0 bridgehead atoms. The fourth-order valence-electron chi connectivity index (χ4n) is 4.43. The second-order valence-corrected chi connectivity index (χ2v) is 9.85. The Hall–Kier alpha value is -2.34. The van der Waals surface area contributed by atoms with Gasteiger partial charge in [0.15, 0.2) is 9.84 Å². The molecule has 12 heteroatoms. The average Bonchev–Trinajstić information content (AvgIpc) is 3.18. The molecule has 2 aromatic carbocycles. The van der Waals surface area contributed by atoms with Gasteiger partial charge in [-0.25, -0.2) is 12.8 Å². The molecule has 2 unspecified atom stereocenters. The minimum atomic E-state index is -6.29. The fourth-order valence-corrected chi connectivity index (χ4v) is 6.72. The monoisotopic (exact) mass is 483 g/mol. The fraction of sp³-hybridized carbons (Fsp3) is 0.400. The normalized spacial score (nSPS) is 23.9. The van der Waals surface area contributed by atoms with Gasteiger partial charge >= 0.3 is 18.0 Å². The highest BCUT2D eigenvalue weighted by Crippen LogP contribution is 2.56. The molecule has 174 valence electrons. The van der Waals surface area contributed by atoms with Crippen LogP contribution in [-0.2, 0) is 20.3 Å². The summed E-state index contributed by atoms with van der Waals surface area (Å²) in [6.45, 7) is -0.112. The van der Waals surface area contributed by atoms with E-state index in [4.69, 9.17) is 4.74 Å². The lowest BCUT2D eigenvalue weighted by Gasteiger charge is -2.40. The Bertz CT molecular complexity index is 1120. The van der Waals surface area contributed by atoms with Crippen molar-refractivity contribution in [1.82, 2.24) is 5.32 Å². The first-order chi connectivity index (χ1) is 14.8. The van der Waals surface area contributed by atoms with Gasteiger partial charge in [-0.05, 0) is 31.2 Å². The van der Waals surface area contributed by atoms with Crippen molar-refractivity contribution >= 4 is 9.84 Å². The van der Waals surface area contributed by atoms with Gasteiger partial charge < -0.3 is 10.1 Å². The number of nitrogens with one attached hydrogen (secondary N) is 1. The predicted octanol–water partition coefficient (Wildman–Crippen LogP) is 4.40. The third-order valence-electron chi connectivity index (χ3n) is 6.01. The zero-order chi connectivity index (χ0) is 23.6. The first-order valence-electron chi connectivity index (χ1n) is 9.40. The van der Waals surface area contributed by atoms with Gasteiger partial charge in [0.1, 0.15) is 17.1 Å². The summed E-state index contributed by atoms with van der Waals surface area (Å²) >= 11 is 0. The first kappa shape index (κ1) is 22.8. The van der Waals surface area contributed by atoms with Crippen LogP contribution < -0.4 is 10.1 Å². The molecule has 2 atom stereocenters. The minimum Gasteiger partial charge on any atom is -0.492 e. The van der Waals surface area contributed by atoms with Gasteiger partial charge in [-0.2, -0.15) is 26.3 Å². The summed E-state index contributed by atoms with van der Waals surface area (Å²) in [7, 11) is -4.16. The summed E-state index contributed by atoms with van der Waals surface area (Å²) in [6, 6.07) is 7.90. The number of hydrogen-bond donors (Lipinski definition) is 1.